The number of hydrogen-bond acceptors (Lipinski definition) is 3. The lowest BCUT2D eigenvalue weighted by molar-refractivity contribution is 0.700. The molecule has 0 saturated carbocycles. The summed E-state index contributed by atoms with van der Waals surface area (Å²) in [5, 5.41) is 4.44. The van der Waals surface area contributed by atoms with Gasteiger partial charge in [0.15, 0.2) is 0 Å². The number of aromatic nitrogens is 3. The zero-order chi connectivity index (χ0) is 15.4. The van der Waals surface area contributed by atoms with Gasteiger partial charge in [0.05, 0.1) is 23.0 Å². The third-order valence-corrected chi connectivity index (χ3v) is 4.87. The van der Waals surface area contributed by atoms with E-state index in [1.807, 2.05) is 28.4 Å². The Labute approximate surface area is 135 Å². The highest BCUT2D eigenvalue weighted by Crippen LogP contribution is 2.34. The summed E-state index contributed by atoms with van der Waals surface area (Å²) >= 11 is 1.82. The first-order valence-electron chi connectivity index (χ1n) is 7.87. The molecule has 0 aliphatic heterocycles. The van der Waals surface area contributed by atoms with Gasteiger partial charge in [-0.2, -0.15) is 5.10 Å². The molecule has 0 unspecified atom stereocenters. The maximum Gasteiger partial charge on any atom is 0.0818 e. The van der Waals surface area contributed by atoms with Crippen LogP contribution in [0.4, 0.5) is 0 Å². The van der Waals surface area contributed by atoms with Gasteiger partial charge in [-0.15, -0.1) is 11.3 Å². The molecule has 0 bridgehead atoms. The summed E-state index contributed by atoms with van der Waals surface area (Å²) in [7, 11) is 0. The van der Waals surface area contributed by atoms with Crippen LogP contribution in [0.5, 0.6) is 0 Å². The van der Waals surface area contributed by atoms with Gasteiger partial charge >= 0.3 is 0 Å². The molecule has 0 atom stereocenters. The Morgan fingerprint density at radius 3 is 3.00 bits per heavy atom. The summed E-state index contributed by atoms with van der Waals surface area (Å²) in [6, 6.07) is 4.33. The zero-order valence-electron chi connectivity index (χ0n) is 13.1. The van der Waals surface area contributed by atoms with Crippen molar-refractivity contribution in [1.29, 1.82) is 0 Å². The molecular formula is C18H21N3S. The molecule has 3 nitrogen and oxygen atoms in total. The Morgan fingerprint density at radius 2 is 2.18 bits per heavy atom. The van der Waals surface area contributed by atoms with Crippen molar-refractivity contribution in [3.8, 4) is 10.4 Å². The normalized spacial score (nSPS) is 11.7. The van der Waals surface area contributed by atoms with Crippen LogP contribution in [-0.2, 0) is 13.0 Å². The second kappa shape index (κ2) is 6.88. The standard InChI is InChI=1S/C18H21N3S/c1-3-5-6-10-21-13-15(12-20-21)17-11-16-18(22-17)14(7-4-2)8-9-19-16/h5-6,8-9,11-13H,3-4,7,10H2,1-2H3/b6-5-. The monoisotopic (exact) mass is 311 g/mol. The molecule has 3 heterocycles. The number of aryl methyl sites for hydroxylation is 1. The molecular weight excluding hydrogens is 290 g/mol. The molecule has 22 heavy (non-hydrogen) atoms. The summed E-state index contributed by atoms with van der Waals surface area (Å²) in [5.41, 5.74) is 3.68. The molecule has 0 spiro atoms. The van der Waals surface area contributed by atoms with Gasteiger partial charge in [-0.1, -0.05) is 32.4 Å². The lowest BCUT2D eigenvalue weighted by Crippen LogP contribution is -1.93. The fourth-order valence-electron chi connectivity index (χ4n) is 2.54. The van der Waals surface area contributed by atoms with E-state index in [2.05, 4.69) is 54.4 Å². The number of allylic oxidation sites excluding steroid dienone is 2. The van der Waals surface area contributed by atoms with Crippen LogP contribution in [0.25, 0.3) is 20.7 Å². The largest absolute Gasteiger partial charge is 0.268 e. The van der Waals surface area contributed by atoms with E-state index < -0.39 is 0 Å². The van der Waals surface area contributed by atoms with Gasteiger partial charge in [0.25, 0.3) is 0 Å². The number of fused-ring (bicyclic) bond motifs is 1. The van der Waals surface area contributed by atoms with E-state index in [1.54, 1.807) is 0 Å². The Kier molecular flexibility index (Phi) is 4.68. The highest BCUT2D eigenvalue weighted by molar-refractivity contribution is 7.22. The van der Waals surface area contributed by atoms with Crippen LogP contribution in [0.2, 0.25) is 0 Å². The van der Waals surface area contributed by atoms with Gasteiger partial charge in [-0.3, -0.25) is 9.67 Å². The van der Waals surface area contributed by atoms with Crippen molar-refractivity contribution in [2.45, 2.75) is 39.7 Å². The zero-order valence-corrected chi connectivity index (χ0v) is 13.9. The van der Waals surface area contributed by atoms with E-state index >= 15 is 0 Å². The molecule has 0 aliphatic carbocycles. The molecule has 0 N–H and O–H groups in total. The molecule has 0 radical (unpaired) electrons. The summed E-state index contributed by atoms with van der Waals surface area (Å²) in [6.07, 6.45) is 13.6. The van der Waals surface area contributed by atoms with E-state index in [1.165, 1.54) is 20.7 Å². The first kappa shape index (κ1) is 15.0. The second-order valence-electron chi connectivity index (χ2n) is 5.38. The van der Waals surface area contributed by atoms with Gasteiger partial charge in [0.2, 0.25) is 0 Å². The number of thiophene rings is 1. The molecule has 0 aromatic carbocycles. The Hall–Kier alpha value is -1.94. The van der Waals surface area contributed by atoms with Gasteiger partial charge in [-0.05, 0) is 30.5 Å². The average molecular weight is 311 g/mol. The van der Waals surface area contributed by atoms with Crippen LogP contribution in [-0.4, -0.2) is 14.8 Å². The van der Waals surface area contributed by atoms with Gasteiger partial charge in [-0.25, -0.2) is 0 Å². The minimum Gasteiger partial charge on any atom is -0.268 e. The summed E-state index contributed by atoms with van der Waals surface area (Å²) in [5.74, 6) is 0. The maximum atomic E-state index is 4.51. The highest BCUT2D eigenvalue weighted by Gasteiger charge is 2.10. The fourth-order valence-corrected chi connectivity index (χ4v) is 3.67. The molecule has 4 heteroatoms. The number of pyridine rings is 1. The van der Waals surface area contributed by atoms with Crippen LogP contribution in [0.1, 0.15) is 32.3 Å². The average Bonchev–Trinajstić information content (AvgIpc) is 3.14. The first-order valence-corrected chi connectivity index (χ1v) is 8.68. The molecule has 114 valence electrons. The van der Waals surface area contributed by atoms with Crippen LogP contribution in [0.15, 0.2) is 42.9 Å². The molecule has 3 rings (SSSR count). The van der Waals surface area contributed by atoms with Gasteiger partial charge in [0.1, 0.15) is 0 Å². The van der Waals surface area contributed by atoms with Crippen LogP contribution in [0.3, 0.4) is 0 Å². The van der Waals surface area contributed by atoms with Crippen LogP contribution < -0.4 is 0 Å². The minimum atomic E-state index is 0.831. The summed E-state index contributed by atoms with van der Waals surface area (Å²) in [6.45, 7) is 5.19. The quantitative estimate of drug-likeness (QED) is 0.594. The Morgan fingerprint density at radius 1 is 1.27 bits per heavy atom. The number of nitrogens with zero attached hydrogens (tertiary/aromatic N) is 3. The molecule has 3 aromatic heterocycles. The number of hydrogen-bond donors (Lipinski definition) is 0. The lowest BCUT2D eigenvalue weighted by atomic mass is 10.1. The summed E-state index contributed by atoms with van der Waals surface area (Å²) < 4.78 is 3.30. The topological polar surface area (TPSA) is 30.7 Å². The summed E-state index contributed by atoms with van der Waals surface area (Å²) in [4.78, 5) is 5.76. The predicted molar refractivity (Wildman–Crippen MR) is 94.3 cm³/mol. The second-order valence-corrected chi connectivity index (χ2v) is 6.43. The fraction of sp³-hybridized carbons (Fsp3) is 0.333. The SMILES string of the molecule is CC/C=C\Cn1cc(-c2cc3nccc(CCC)c3s2)cn1. The molecule has 0 saturated heterocycles. The Bertz CT molecular complexity index is 783. The third kappa shape index (κ3) is 3.12. The van der Waals surface area contributed by atoms with Gasteiger partial charge in [0, 0.05) is 22.8 Å². The molecule has 0 amide bonds. The van der Waals surface area contributed by atoms with E-state index in [0.717, 1.165) is 31.3 Å². The third-order valence-electron chi connectivity index (χ3n) is 3.63. The first-order chi connectivity index (χ1) is 10.8. The van der Waals surface area contributed by atoms with Gasteiger partial charge < -0.3 is 0 Å². The van der Waals surface area contributed by atoms with E-state index in [9.17, 15) is 0 Å². The molecule has 0 fully saturated rings. The van der Waals surface area contributed by atoms with Crippen molar-refractivity contribution in [2.24, 2.45) is 0 Å². The van der Waals surface area contributed by atoms with E-state index in [4.69, 9.17) is 0 Å². The van der Waals surface area contributed by atoms with Crippen LogP contribution >= 0.6 is 11.3 Å². The van der Waals surface area contributed by atoms with Crippen LogP contribution in [0, 0.1) is 0 Å². The van der Waals surface area contributed by atoms with E-state index in [0.29, 0.717) is 0 Å². The molecule has 0 aliphatic rings. The van der Waals surface area contributed by atoms with Crippen molar-refractivity contribution < 1.29 is 0 Å². The lowest BCUT2D eigenvalue weighted by Gasteiger charge is -1.98. The van der Waals surface area contributed by atoms with Crippen molar-refractivity contribution in [3.63, 3.8) is 0 Å². The Balaban J connectivity index is 1.90. The van der Waals surface area contributed by atoms with E-state index in [-0.39, 0.29) is 0 Å². The van der Waals surface area contributed by atoms with Crippen molar-refractivity contribution in [2.75, 3.05) is 0 Å². The minimum absolute atomic E-state index is 0.831. The smallest absolute Gasteiger partial charge is 0.0818 e. The van der Waals surface area contributed by atoms with Crippen molar-refractivity contribution >= 4 is 21.6 Å². The predicted octanol–water partition coefficient (Wildman–Crippen LogP) is 5.08. The van der Waals surface area contributed by atoms with Crippen molar-refractivity contribution in [1.82, 2.24) is 14.8 Å². The van der Waals surface area contributed by atoms with Crippen molar-refractivity contribution in [3.05, 3.63) is 48.4 Å². The maximum absolute atomic E-state index is 4.51. The number of rotatable bonds is 6. The highest BCUT2D eigenvalue weighted by atomic mass is 32.1. The molecule has 3 aromatic rings.